The second-order valence-corrected chi connectivity index (χ2v) is 3.72. The molecule has 1 fully saturated rings. The Hall–Kier alpha value is -1.55. The molecule has 1 unspecified atom stereocenters. The molecule has 1 aromatic carbocycles. The molecule has 1 heterocycles. The van der Waals surface area contributed by atoms with Gasteiger partial charge in [0.2, 0.25) is 0 Å². The SMILES string of the molecule is COc1ccccc1OC(=O)C1CCCN1. The minimum absolute atomic E-state index is 0.176. The molecule has 1 atom stereocenters. The van der Waals surface area contributed by atoms with Gasteiger partial charge >= 0.3 is 5.97 Å². The van der Waals surface area contributed by atoms with E-state index in [1.165, 1.54) is 0 Å². The van der Waals surface area contributed by atoms with Gasteiger partial charge in [-0.1, -0.05) is 12.1 Å². The molecule has 4 heteroatoms. The molecule has 1 N–H and O–H groups in total. The average Bonchev–Trinajstić information content (AvgIpc) is 2.83. The van der Waals surface area contributed by atoms with Gasteiger partial charge in [0.05, 0.1) is 7.11 Å². The van der Waals surface area contributed by atoms with Crippen molar-refractivity contribution in [3.63, 3.8) is 0 Å². The summed E-state index contributed by atoms with van der Waals surface area (Å²) in [5, 5.41) is 3.10. The lowest BCUT2D eigenvalue weighted by Gasteiger charge is -2.12. The van der Waals surface area contributed by atoms with Gasteiger partial charge in [-0.25, -0.2) is 4.79 Å². The predicted octanol–water partition coefficient (Wildman–Crippen LogP) is 1.35. The summed E-state index contributed by atoms with van der Waals surface area (Å²) in [6, 6.07) is 6.97. The van der Waals surface area contributed by atoms with Crippen LogP contribution in [0.3, 0.4) is 0 Å². The molecule has 1 aliphatic rings. The third-order valence-electron chi connectivity index (χ3n) is 2.62. The van der Waals surface area contributed by atoms with E-state index in [-0.39, 0.29) is 12.0 Å². The number of ether oxygens (including phenoxy) is 2. The van der Waals surface area contributed by atoms with Crippen LogP contribution in [0.4, 0.5) is 0 Å². The lowest BCUT2D eigenvalue weighted by atomic mass is 10.2. The number of para-hydroxylation sites is 2. The Labute approximate surface area is 94.6 Å². The molecule has 86 valence electrons. The number of benzene rings is 1. The number of carbonyl (C=O) groups is 1. The van der Waals surface area contributed by atoms with E-state index in [9.17, 15) is 4.79 Å². The number of hydrogen-bond donors (Lipinski definition) is 1. The van der Waals surface area contributed by atoms with Crippen molar-refractivity contribution in [3.8, 4) is 11.5 Å². The topological polar surface area (TPSA) is 47.6 Å². The third kappa shape index (κ3) is 2.33. The van der Waals surface area contributed by atoms with Crippen LogP contribution in [0.1, 0.15) is 12.8 Å². The molecule has 0 radical (unpaired) electrons. The second kappa shape index (κ2) is 4.99. The summed E-state index contributed by atoms with van der Waals surface area (Å²) in [6.07, 6.45) is 1.86. The molecule has 0 bridgehead atoms. The number of hydrogen-bond acceptors (Lipinski definition) is 4. The first-order chi connectivity index (χ1) is 7.81. The monoisotopic (exact) mass is 221 g/mol. The van der Waals surface area contributed by atoms with Crippen molar-refractivity contribution < 1.29 is 14.3 Å². The first kappa shape index (κ1) is 11.0. The minimum Gasteiger partial charge on any atom is -0.493 e. The Morgan fingerprint density at radius 1 is 1.38 bits per heavy atom. The van der Waals surface area contributed by atoms with Crippen LogP contribution in [0.2, 0.25) is 0 Å². The molecule has 1 saturated heterocycles. The Balaban J connectivity index is 2.05. The normalized spacial score (nSPS) is 19.4. The first-order valence-electron chi connectivity index (χ1n) is 5.39. The molecular weight excluding hydrogens is 206 g/mol. The number of esters is 1. The van der Waals surface area contributed by atoms with Crippen LogP contribution in [0, 0.1) is 0 Å². The van der Waals surface area contributed by atoms with Crippen LogP contribution in [-0.4, -0.2) is 25.7 Å². The van der Waals surface area contributed by atoms with Gasteiger partial charge in [0, 0.05) is 0 Å². The average molecular weight is 221 g/mol. The molecule has 0 saturated carbocycles. The van der Waals surface area contributed by atoms with Gasteiger partial charge in [-0.05, 0) is 31.5 Å². The van der Waals surface area contributed by atoms with Crippen LogP contribution in [0.5, 0.6) is 11.5 Å². The van der Waals surface area contributed by atoms with Gasteiger partial charge in [0.25, 0.3) is 0 Å². The maximum absolute atomic E-state index is 11.7. The van der Waals surface area contributed by atoms with Crippen LogP contribution >= 0.6 is 0 Å². The van der Waals surface area contributed by atoms with E-state index >= 15 is 0 Å². The number of methoxy groups -OCH3 is 1. The van der Waals surface area contributed by atoms with Gasteiger partial charge in [-0.3, -0.25) is 0 Å². The Morgan fingerprint density at radius 2 is 2.12 bits per heavy atom. The molecule has 1 aromatic rings. The zero-order chi connectivity index (χ0) is 11.4. The van der Waals surface area contributed by atoms with Crippen molar-refractivity contribution in [2.24, 2.45) is 0 Å². The van der Waals surface area contributed by atoms with Crippen molar-refractivity contribution in [3.05, 3.63) is 24.3 Å². The Kier molecular flexibility index (Phi) is 3.41. The summed E-state index contributed by atoms with van der Waals surface area (Å²) < 4.78 is 10.4. The van der Waals surface area contributed by atoms with Crippen LogP contribution in [-0.2, 0) is 4.79 Å². The van der Waals surface area contributed by atoms with Crippen LogP contribution in [0.15, 0.2) is 24.3 Å². The van der Waals surface area contributed by atoms with Gasteiger partial charge < -0.3 is 14.8 Å². The molecule has 16 heavy (non-hydrogen) atoms. The fourth-order valence-corrected chi connectivity index (χ4v) is 1.77. The highest BCUT2D eigenvalue weighted by atomic mass is 16.6. The molecule has 0 amide bonds. The Morgan fingerprint density at radius 3 is 2.75 bits per heavy atom. The molecule has 1 aliphatic heterocycles. The summed E-state index contributed by atoms with van der Waals surface area (Å²) in [5.74, 6) is 0.819. The zero-order valence-corrected chi connectivity index (χ0v) is 9.23. The van der Waals surface area contributed by atoms with Gasteiger partial charge in [-0.2, -0.15) is 0 Å². The third-order valence-corrected chi connectivity index (χ3v) is 2.62. The predicted molar refractivity (Wildman–Crippen MR) is 59.7 cm³/mol. The fraction of sp³-hybridized carbons (Fsp3) is 0.417. The smallest absolute Gasteiger partial charge is 0.328 e. The molecule has 0 spiro atoms. The van der Waals surface area contributed by atoms with Crippen molar-refractivity contribution >= 4 is 5.97 Å². The van der Waals surface area contributed by atoms with Crippen molar-refractivity contribution in [1.82, 2.24) is 5.32 Å². The zero-order valence-electron chi connectivity index (χ0n) is 9.23. The second-order valence-electron chi connectivity index (χ2n) is 3.72. The largest absolute Gasteiger partial charge is 0.493 e. The van der Waals surface area contributed by atoms with E-state index in [4.69, 9.17) is 9.47 Å². The van der Waals surface area contributed by atoms with Crippen LogP contribution < -0.4 is 14.8 Å². The van der Waals surface area contributed by atoms with Crippen molar-refractivity contribution in [2.45, 2.75) is 18.9 Å². The van der Waals surface area contributed by atoms with E-state index < -0.39 is 0 Å². The van der Waals surface area contributed by atoms with Gasteiger partial charge in [0.1, 0.15) is 6.04 Å². The Bertz CT molecular complexity index is 372. The van der Waals surface area contributed by atoms with E-state index in [2.05, 4.69) is 5.32 Å². The van der Waals surface area contributed by atoms with E-state index in [0.29, 0.717) is 11.5 Å². The van der Waals surface area contributed by atoms with Crippen molar-refractivity contribution in [2.75, 3.05) is 13.7 Å². The van der Waals surface area contributed by atoms with E-state index in [0.717, 1.165) is 19.4 Å². The van der Waals surface area contributed by atoms with Crippen molar-refractivity contribution in [1.29, 1.82) is 0 Å². The number of nitrogens with one attached hydrogen (secondary N) is 1. The maximum atomic E-state index is 11.7. The summed E-state index contributed by atoms with van der Waals surface area (Å²) in [7, 11) is 1.56. The highest BCUT2D eigenvalue weighted by Crippen LogP contribution is 2.26. The highest BCUT2D eigenvalue weighted by molar-refractivity contribution is 5.79. The molecule has 0 aliphatic carbocycles. The molecular formula is C12H15NO3. The summed E-state index contributed by atoms with van der Waals surface area (Å²) in [4.78, 5) is 11.7. The quantitative estimate of drug-likeness (QED) is 0.618. The lowest BCUT2D eigenvalue weighted by Crippen LogP contribution is -2.34. The molecule has 2 rings (SSSR count). The van der Waals surface area contributed by atoms with E-state index in [1.54, 1.807) is 19.2 Å². The standard InChI is InChI=1S/C12H15NO3/c1-15-10-6-2-3-7-11(10)16-12(14)9-5-4-8-13-9/h2-3,6-7,9,13H,4-5,8H2,1H3. The minimum atomic E-state index is -0.234. The maximum Gasteiger partial charge on any atom is 0.328 e. The first-order valence-corrected chi connectivity index (χ1v) is 5.39. The fourth-order valence-electron chi connectivity index (χ4n) is 1.77. The summed E-state index contributed by atoms with van der Waals surface area (Å²) in [6.45, 7) is 0.881. The number of carbonyl (C=O) groups excluding carboxylic acids is 1. The number of rotatable bonds is 3. The van der Waals surface area contributed by atoms with E-state index in [1.807, 2.05) is 12.1 Å². The van der Waals surface area contributed by atoms with Gasteiger partial charge in [0.15, 0.2) is 11.5 Å². The van der Waals surface area contributed by atoms with Gasteiger partial charge in [-0.15, -0.1) is 0 Å². The summed E-state index contributed by atoms with van der Waals surface area (Å²) >= 11 is 0. The van der Waals surface area contributed by atoms with Crippen LogP contribution in [0.25, 0.3) is 0 Å². The molecule has 4 nitrogen and oxygen atoms in total. The lowest BCUT2D eigenvalue weighted by molar-refractivity contribution is -0.136. The molecule has 0 aromatic heterocycles. The highest BCUT2D eigenvalue weighted by Gasteiger charge is 2.24. The summed E-state index contributed by atoms with van der Waals surface area (Å²) in [5.41, 5.74) is 0.